The molecule has 0 aromatic carbocycles. The predicted molar refractivity (Wildman–Crippen MR) is 115 cm³/mol. The topological polar surface area (TPSA) is 98.6 Å². The van der Waals surface area contributed by atoms with Gasteiger partial charge in [0.1, 0.15) is 4.90 Å². The van der Waals surface area contributed by atoms with Gasteiger partial charge in [-0.05, 0) is 58.7 Å². The van der Waals surface area contributed by atoms with Crippen LogP contribution in [0.5, 0.6) is 0 Å². The van der Waals surface area contributed by atoms with Crippen LogP contribution < -0.4 is 0 Å². The van der Waals surface area contributed by atoms with E-state index in [0.29, 0.717) is 18.4 Å². The lowest BCUT2D eigenvalue weighted by Crippen LogP contribution is -2.40. The molecule has 0 atom stereocenters. The monoisotopic (exact) mass is 447 g/mol. The summed E-state index contributed by atoms with van der Waals surface area (Å²) in [5.41, 5.74) is 2.42. The van der Waals surface area contributed by atoms with Crippen LogP contribution in [0.25, 0.3) is 0 Å². The van der Waals surface area contributed by atoms with Crippen LogP contribution in [-0.2, 0) is 19.6 Å². The number of hydrogen-bond acceptors (Lipinski definition) is 6. The van der Waals surface area contributed by atoms with Crippen molar-refractivity contribution in [3.05, 3.63) is 47.5 Å². The standard InChI is InChI=1S/C22H29N3O5S/c1-15(2)25-16(3)12-20(17(25)4)21(26)14-30-22(27)18-7-10-24(11-8-18)31(28,29)19-6-5-9-23-13-19/h5-6,9,12-13,15,18H,7-8,10-11,14H2,1-4H3. The van der Waals surface area contributed by atoms with Crippen molar-refractivity contribution in [2.24, 2.45) is 5.92 Å². The van der Waals surface area contributed by atoms with Crippen molar-refractivity contribution >= 4 is 21.8 Å². The normalized spacial score (nSPS) is 15.9. The molecular formula is C22H29N3O5S. The van der Waals surface area contributed by atoms with Crippen LogP contribution in [0.3, 0.4) is 0 Å². The molecular weight excluding hydrogens is 418 g/mol. The van der Waals surface area contributed by atoms with Gasteiger partial charge in [-0.2, -0.15) is 4.31 Å². The molecule has 9 heteroatoms. The Balaban J connectivity index is 1.55. The van der Waals surface area contributed by atoms with Crippen molar-refractivity contribution in [1.82, 2.24) is 13.9 Å². The van der Waals surface area contributed by atoms with E-state index in [1.54, 1.807) is 6.07 Å². The lowest BCUT2D eigenvalue weighted by Gasteiger charge is -2.29. The Morgan fingerprint density at radius 1 is 1.23 bits per heavy atom. The highest BCUT2D eigenvalue weighted by molar-refractivity contribution is 7.89. The fourth-order valence-electron chi connectivity index (χ4n) is 4.17. The van der Waals surface area contributed by atoms with Crippen molar-refractivity contribution in [2.45, 2.75) is 51.5 Å². The van der Waals surface area contributed by atoms with Gasteiger partial charge in [-0.1, -0.05) is 0 Å². The third-order valence-electron chi connectivity index (χ3n) is 5.71. The van der Waals surface area contributed by atoms with Gasteiger partial charge in [0.2, 0.25) is 15.8 Å². The summed E-state index contributed by atoms with van der Waals surface area (Å²) in [6.07, 6.45) is 3.55. The Morgan fingerprint density at radius 3 is 2.45 bits per heavy atom. The van der Waals surface area contributed by atoms with Gasteiger partial charge in [-0.25, -0.2) is 8.42 Å². The Labute approximate surface area is 183 Å². The zero-order valence-electron chi connectivity index (χ0n) is 18.4. The molecule has 31 heavy (non-hydrogen) atoms. The van der Waals surface area contributed by atoms with Crippen molar-refractivity contribution in [2.75, 3.05) is 19.7 Å². The van der Waals surface area contributed by atoms with Crippen LogP contribution in [0.15, 0.2) is 35.5 Å². The first-order valence-electron chi connectivity index (χ1n) is 10.4. The number of rotatable bonds is 7. The molecule has 8 nitrogen and oxygen atoms in total. The lowest BCUT2D eigenvalue weighted by atomic mass is 9.98. The molecule has 0 amide bonds. The highest BCUT2D eigenvalue weighted by Crippen LogP contribution is 2.25. The van der Waals surface area contributed by atoms with E-state index in [1.807, 2.05) is 19.9 Å². The summed E-state index contributed by atoms with van der Waals surface area (Å²) in [7, 11) is -3.62. The second-order valence-corrected chi connectivity index (χ2v) is 10.1. The Kier molecular flexibility index (Phi) is 6.96. The van der Waals surface area contributed by atoms with E-state index in [0.717, 1.165) is 11.4 Å². The smallest absolute Gasteiger partial charge is 0.309 e. The Bertz CT molecular complexity index is 1050. The first-order valence-corrected chi connectivity index (χ1v) is 11.9. The van der Waals surface area contributed by atoms with Crippen LogP contribution >= 0.6 is 0 Å². The van der Waals surface area contributed by atoms with Crippen molar-refractivity contribution < 1.29 is 22.7 Å². The number of aromatic nitrogens is 2. The number of carbonyl (C=O) groups is 2. The minimum absolute atomic E-state index is 0.139. The second kappa shape index (κ2) is 9.32. The zero-order valence-corrected chi connectivity index (χ0v) is 19.2. The van der Waals surface area contributed by atoms with Gasteiger partial charge in [-0.3, -0.25) is 14.6 Å². The minimum atomic E-state index is -3.62. The van der Waals surface area contributed by atoms with Gasteiger partial charge < -0.3 is 9.30 Å². The largest absolute Gasteiger partial charge is 0.457 e. The molecule has 2 aromatic heterocycles. The van der Waals surface area contributed by atoms with Crippen LogP contribution in [0.4, 0.5) is 0 Å². The van der Waals surface area contributed by atoms with E-state index >= 15 is 0 Å². The summed E-state index contributed by atoms with van der Waals surface area (Å²) in [5.74, 6) is -1.11. The predicted octanol–water partition coefficient (Wildman–Crippen LogP) is 2.91. The van der Waals surface area contributed by atoms with E-state index in [1.165, 1.54) is 22.8 Å². The SMILES string of the molecule is Cc1cc(C(=O)COC(=O)C2CCN(S(=O)(=O)c3cccnc3)CC2)c(C)n1C(C)C. The number of aryl methyl sites for hydroxylation is 1. The van der Waals surface area contributed by atoms with E-state index in [-0.39, 0.29) is 36.4 Å². The number of sulfonamides is 1. The summed E-state index contributed by atoms with van der Waals surface area (Å²) in [6.45, 7) is 8.07. The number of hydrogen-bond donors (Lipinski definition) is 0. The Morgan fingerprint density at radius 2 is 1.90 bits per heavy atom. The number of pyridine rings is 1. The van der Waals surface area contributed by atoms with Crippen molar-refractivity contribution in [1.29, 1.82) is 0 Å². The molecule has 1 fully saturated rings. The first-order chi connectivity index (χ1) is 14.6. The summed E-state index contributed by atoms with van der Waals surface area (Å²) in [6, 6.07) is 5.14. The highest BCUT2D eigenvalue weighted by atomic mass is 32.2. The quantitative estimate of drug-likeness (QED) is 0.478. The van der Waals surface area contributed by atoms with E-state index in [4.69, 9.17) is 4.74 Å². The third-order valence-corrected chi connectivity index (χ3v) is 7.59. The van der Waals surface area contributed by atoms with Crippen molar-refractivity contribution in [3.8, 4) is 0 Å². The lowest BCUT2D eigenvalue weighted by molar-refractivity contribution is -0.148. The number of ketones is 1. The second-order valence-electron chi connectivity index (χ2n) is 8.15. The number of carbonyl (C=O) groups excluding carboxylic acids is 2. The molecule has 0 saturated carbocycles. The first kappa shape index (κ1) is 23.1. The van der Waals surface area contributed by atoms with Gasteiger partial charge >= 0.3 is 5.97 Å². The van der Waals surface area contributed by atoms with Crippen LogP contribution in [0.1, 0.15) is 54.5 Å². The molecule has 168 valence electrons. The van der Waals surface area contributed by atoms with E-state index in [2.05, 4.69) is 23.4 Å². The van der Waals surface area contributed by atoms with Crippen LogP contribution in [0.2, 0.25) is 0 Å². The maximum Gasteiger partial charge on any atom is 0.309 e. The van der Waals surface area contributed by atoms with Crippen LogP contribution in [-0.4, -0.2) is 53.7 Å². The molecule has 1 aliphatic heterocycles. The van der Waals surface area contributed by atoms with Gasteiger partial charge in [0, 0.05) is 48.5 Å². The summed E-state index contributed by atoms with van der Waals surface area (Å²) in [4.78, 5) is 29.1. The maximum atomic E-state index is 12.7. The fraction of sp³-hybridized carbons (Fsp3) is 0.500. The average molecular weight is 448 g/mol. The molecule has 0 radical (unpaired) electrons. The zero-order chi connectivity index (χ0) is 22.8. The summed E-state index contributed by atoms with van der Waals surface area (Å²) >= 11 is 0. The number of nitrogens with zero attached hydrogens (tertiary/aromatic N) is 3. The van der Waals surface area contributed by atoms with Gasteiger partial charge in [-0.15, -0.1) is 0 Å². The fourth-order valence-corrected chi connectivity index (χ4v) is 5.60. The molecule has 2 aromatic rings. The number of ether oxygens (including phenoxy) is 1. The molecule has 0 spiro atoms. The number of piperidine rings is 1. The molecule has 0 N–H and O–H groups in total. The van der Waals surface area contributed by atoms with E-state index in [9.17, 15) is 18.0 Å². The van der Waals surface area contributed by atoms with E-state index < -0.39 is 21.9 Å². The van der Waals surface area contributed by atoms with Gasteiger partial charge in [0.05, 0.1) is 5.92 Å². The van der Waals surface area contributed by atoms with Crippen LogP contribution in [0, 0.1) is 19.8 Å². The number of Topliss-reactive ketones (excluding diaryl/α,β-unsaturated/α-hetero) is 1. The molecule has 0 bridgehead atoms. The molecule has 1 saturated heterocycles. The highest BCUT2D eigenvalue weighted by Gasteiger charge is 2.33. The summed E-state index contributed by atoms with van der Waals surface area (Å²) < 4.78 is 34.1. The molecule has 0 aliphatic carbocycles. The molecule has 1 aliphatic rings. The Hall–Kier alpha value is -2.52. The third kappa shape index (κ3) is 4.88. The minimum Gasteiger partial charge on any atom is -0.457 e. The van der Waals surface area contributed by atoms with Crippen molar-refractivity contribution in [3.63, 3.8) is 0 Å². The molecule has 3 rings (SSSR count). The van der Waals surface area contributed by atoms with Gasteiger partial charge in [0.25, 0.3) is 0 Å². The van der Waals surface area contributed by atoms with Gasteiger partial charge in [0.15, 0.2) is 6.61 Å². The molecule has 3 heterocycles. The number of esters is 1. The summed E-state index contributed by atoms with van der Waals surface area (Å²) in [5, 5.41) is 0. The molecule has 0 unspecified atom stereocenters. The maximum absolute atomic E-state index is 12.7. The average Bonchev–Trinajstić information content (AvgIpc) is 3.06.